The van der Waals surface area contributed by atoms with Gasteiger partial charge in [0.25, 0.3) is 0 Å². The summed E-state index contributed by atoms with van der Waals surface area (Å²) in [7, 11) is 1.38. The molecule has 0 spiro atoms. The van der Waals surface area contributed by atoms with Gasteiger partial charge in [-0.3, -0.25) is 9.78 Å². The molecular weight excluding hydrogens is 228 g/mol. The van der Waals surface area contributed by atoms with Gasteiger partial charge in [0.2, 0.25) is 0 Å². The fraction of sp³-hybridized carbons (Fsp3) is 0.143. The predicted octanol–water partition coefficient (Wildman–Crippen LogP) is 2.44. The maximum atomic E-state index is 12.1. The number of carbonyl (C=O) groups excluding carboxylic acids is 1. The molecule has 0 aliphatic carbocycles. The Labute approximate surface area is 105 Å². The molecule has 0 bridgehead atoms. The molecule has 0 aliphatic rings. The molecule has 1 aromatic carbocycles. The normalized spacial score (nSPS) is 10.1. The Morgan fingerprint density at radius 2 is 1.94 bits per heavy atom. The van der Waals surface area contributed by atoms with Crippen molar-refractivity contribution in [1.82, 2.24) is 4.98 Å². The highest BCUT2D eigenvalue weighted by Crippen LogP contribution is 2.20. The van der Waals surface area contributed by atoms with E-state index < -0.39 is 0 Å². The Bertz CT molecular complexity index is 539. The minimum absolute atomic E-state index is 0.105. The Kier molecular flexibility index (Phi) is 3.69. The average Bonchev–Trinajstić information content (AvgIpc) is 2.40. The van der Waals surface area contributed by atoms with Gasteiger partial charge < -0.3 is 10.3 Å². The van der Waals surface area contributed by atoms with Gasteiger partial charge in [0.15, 0.2) is 5.78 Å². The third-order valence-corrected chi connectivity index (χ3v) is 2.61. The fourth-order valence-electron chi connectivity index (χ4n) is 1.75. The molecule has 0 aliphatic heterocycles. The second-order valence-electron chi connectivity index (χ2n) is 3.94. The van der Waals surface area contributed by atoms with Crippen molar-refractivity contribution in [2.24, 2.45) is 0 Å². The molecule has 18 heavy (non-hydrogen) atoms. The summed E-state index contributed by atoms with van der Waals surface area (Å²) in [6, 6.07) is 12.2. The van der Waals surface area contributed by atoms with Gasteiger partial charge in [0.1, 0.15) is 0 Å². The van der Waals surface area contributed by atoms with Crippen molar-refractivity contribution < 1.29 is 4.79 Å². The number of pyridine rings is 1. The van der Waals surface area contributed by atoms with Gasteiger partial charge in [-0.15, -0.1) is 0 Å². The summed E-state index contributed by atoms with van der Waals surface area (Å²) >= 11 is 0. The van der Waals surface area contributed by atoms with Gasteiger partial charge in [0, 0.05) is 23.1 Å². The van der Waals surface area contributed by atoms with Crippen LogP contribution in [0, 0.1) is 5.21 Å². The highest BCUT2D eigenvalue weighted by atomic mass is 16.5. The number of hydroxylamine groups is 1. The summed E-state index contributed by atoms with van der Waals surface area (Å²) in [5.74, 6) is -0.105. The number of aromatic nitrogens is 1. The first-order chi connectivity index (χ1) is 8.68. The molecule has 0 fully saturated rings. The lowest BCUT2D eigenvalue weighted by atomic mass is 10.0. The van der Waals surface area contributed by atoms with E-state index >= 15 is 0 Å². The zero-order valence-electron chi connectivity index (χ0n) is 10.0. The molecule has 1 aromatic heterocycles. The second-order valence-corrected chi connectivity index (χ2v) is 3.94. The van der Waals surface area contributed by atoms with Crippen LogP contribution in [0.1, 0.15) is 16.1 Å². The Morgan fingerprint density at radius 3 is 2.61 bits per heavy atom. The summed E-state index contributed by atoms with van der Waals surface area (Å²) in [6.07, 6.45) is 1.85. The molecule has 4 nitrogen and oxygen atoms in total. The number of nitrogens with zero attached hydrogens (tertiary/aromatic N) is 2. The first-order valence-corrected chi connectivity index (χ1v) is 5.61. The number of Topliss-reactive ketones (excluding diaryl/α,β-unsaturated/α-hetero) is 1. The second kappa shape index (κ2) is 5.42. The minimum Gasteiger partial charge on any atom is -0.758 e. The molecule has 0 amide bonds. The van der Waals surface area contributed by atoms with Crippen LogP contribution in [0.3, 0.4) is 0 Å². The number of carbonyl (C=O) groups is 1. The van der Waals surface area contributed by atoms with Crippen LogP contribution in [0.2, 0.25) is 0 Å². The van der Waals surface area contributed by atoms with E-state index in [4.69, 9.17) is 0 Å². The molecule has 4 heteroatoms. The first-order valence-electron chi connectivity index (χ1n) is 5.61. The van der Waals surface area contributed by atoms with Gasteiger partial charge in [-0.2, -0.15) is 0 Å². The van der Waals surface area contributed by atoms with Crippen LogP contribution in [0.4, 0.5) is 5.69 Å². The Balaban J connectivity index is 2.24. The lowest BCUT2D eigenvalue weighted by Crippen LogP contribution is -2.13. The molecule has 0 saturated heterocycles. The monoisotopic (exact) mass is 241 g/mol. The van der Waals surface area contributed by atoms with Gasteiger partial charge >= 0.3 is 0 Å². The molecule has 2 aromatic rings. The van der Waals surface area contributed by atoms with Crippen molar-refractivity contribution >= 4 is 11.5 Å². The smallest absolute Gasteiger partial charge is 0.170 e. The number of anilines is 1. The van der Waals surface area contributed by atoms with Crippen LogP contribution in [-0.2, 0) is 6.42 Å². The number of rotatable bonds is 4. The third-order valence-electron chi connectivity index (χ3n) is 2.61. The highest BCUT2D eigenvalue weighted by molar-refractivity contribution is 6.02. The topological polar surface area (TPSA) is 56.3 Å². The lowest BCUT2D eigenvalue weighted by Gasteiger charge is -2.26. The summed E-state index contributed by atoms with van der Waals surface area (Å²) < 4.78 is 0. The van der Waals surface area contributed by atoms with E-state index in [9.17, 15) is 10.0 Å². The maximum absolute atomic E-state index is 12.1. The van der Waals surface area contributed by atoms with E-state index in [1.54, 1.807) is 42.6 Å². The van der Waals surface area contributed by atoms with Gasteiger partial charge in [-0.1, -0.05) is 18.2 Å². The van der Waals surface area contributed by atoms with Crippen molar-refractivity contribution in [3.63, 3.8) is 0 Å². The number of benzene rings is 1. The first kappa shape index (κ1) is 12.3. The lowest BCUT2D eigenvalue weighted by molar-refractivity contribution is 0.0992. The quantitative estimate of drug-likeness (QED) is 0.609. The molecule has 92 valence electrons. The predicted molar refractivity (Wildman–Crippen MR) is 70.5 cm³/mol. The SMILES string of the molecule is CN([O-])c1ccccc1C(=O)Cc1ccccn1. The summed E-state index contributed by atoms with van der Waals surface area (Å²) in [5, 5.41) is 12.1. The molecule has 0 saturated carbocycles. The molecule has 0 N–H and O–H groups in total. The largest absolute Gasteiger partial charge is 0.758 e. The summed E-state index contributed by atoms with van der Waals surface area (Å²) in [4.78, 5) is 16.2. The van der Waals surface area contributed by atoms with E-state index in [-0.39, 0.29) is 12.2 Å². The van der Waals surface area contributed by atoms with Crippen molar-refractivity contribution in [3.05, 3.63) is 65.1 Å². The van der Waals surface area contributed by atoms with Crippen LogP contribution in [0.15, 0.2) is 48.7 Å². The summed E-state index contributed by atoms with van der Waals surface area (Å²) in [5.41, 5.74) is 1.52. The van der Waals surface area contributed by atoms with Crippen LogP contribution in [-0.4, -0.2) is 17.8 Å². The van der Waals surface area contributed by atoms with Gasteiger partial charge in [-0.05, 0) is 31.3 Å². The Hall–Kier alpha value is -2.20. The Morgan fingerprint density at radius 1 is 1.22 bits per heavy atom. The van der Waals surface area contributed by atoms with Crippen LogP contribution in [0.25, 0.3) is 0 Å². The molecule has 1 heterocycles. The zero-order chi connectivity index (χ0) is 13.0. The average molecular weight is 241 g/mol. The van der Waals surface area contributed by atoms with E-state index in [0.29, 0.717) is 22.0 Å². The number of hydrogen-bond donors (Lipinski definition) is 0. The molecule has 0 radical (unpaired) electrons. The van der Waals surface area contributed by atoms with Crippen LogP contribution in [0.5, 0.6) is 0 Å². The van der Waals surface area contributed by atoms with E-state index in [0.717, 1.165) is 0 Å². The minimum atomic E-state index is -0.105. The summed E-state index contributed by atoms with van der Waals surface area (Å²) in [6.45, 7) is 0. The van der Waals surface area contributed by atoms with Crippen molar-refractivity contribution in [2.45, 2.75) is 6.42 Å². The zero-order valence-corrected chi connectivity index (χ0v) is 10.0. The van der Waals surface area contributed by atoms with Gasteiger partial charge in [-0.25, -0.2) is 0 Å². The maximum Gasteiger partial charge on any atom is 0.170 e. The van der Waals surface area contributed by atoms with Gasteiger partial charge in [0.05, 0.1) is 6.42 Å². The van der Waals surface area contributed by atoms with Crippen molar-refractivity contribution in [2.75, 3.05) is 12.1 Å². The highest BCUT2D eigenvalue weighted by Gasteiger charge is 2.11. The standard InChI is InChI=1S/C14H13N2O2/c1-16(18)13-8-3-2-7-12(13)14(17)10-11-6-4-5-9-15-11/h2-9H,10H2,1H3/q-1. The van der Waals surface area contributed by atoms with E-state index in [2.05, 4.69) is 4.98 Å². The van der Waals surface area contributed by atoms with Crippen molar-refractivity contribution in [1.29, 1.82) is 0 Å². The molecular formula is C14H13N2O2-. The fourth-order valence-corrected chi connectivity index (χ4v) is 1.75. The van der Waals surface area contributed by atoms with Crippen LogP contribution >= 0.6 is 0 Å². The number of para-hydroxylation sites is 1. The molecule has 2 rings (SSSR count). The van der Waals surface area contributed by atoms with E-state index in [1.165, 1.54) is 7.05 Å². The number of ketones is 1. The van der Waals surface area contributed by atoms with E-state index in [1.807, 2.05) is 6.07 Å². The molecule has 0 atom stereocenters. The third kappa shape index (κ3) is 2.73. The number of hydrogen-bond acceptors (Lipinski definition) is 4. The molecule has 0 unspecified atom stereocenters. The van der Waals surface area contributed by atoms with Crippen LogP contribution < -0.4 is 5.06 Å². The van der Waals surface area contributed by atoms with Crippen molar-refractivity contribution in [3.8, 4) is 0 Å².